The van der Waals surface area contributed by atoms with Crippen molar-refractivity contribution >= 4 is 27.4 Å². The summed E-state index contributed by atoms with van der Waals surface area (Å²) in [5, 5.41) is 11.8. The zero-order valence-electron chi connectivity index (χ0n) is 12.6. The molecule has 1 heterocycles. The number of hydrogen-bond acceptors (Lipinski definition) is 4. The molecule has 5 nitrogen and oxygen atoms in total. The lowest BCUT2D eigenvalue weighted by Crippen LogP contribution is -2.24. The van der Waals surface area contributed by atoms with E-state index in [1.54, 1.807) is 35.0 Å². The van der Waals surface area contributed by atoms with Crippen LogP contribution in [0, 0.1) is 11.3 Å². The maximum Gasteiger partial charge on any atom is 0.294 e. The zero-order chi connectivity index (χ0) is 16.9. The molecule has 0 radical (unpaired) electrons. The summed E-state index contributed by atoms with van der Waals surface area (Å²) in [5.41, 5.74) is 2.07. The van der Waals surface area contributed by atoms with Crippen LogP contribution in [-0.4, -0.2) is 9.55 Å². The van der Waals surface area contributed by atoms with Gasteiger partial charge in [-0.3, -0.25) is 4.79 Å². The quantitative estimate of drug-likeness (QED) is 0.749. The number of nitrogens with one attached hydrogen (secondary N) is 1. The Balaban J connectivity index is 1.91. The minimum absolute atomic E-state index is 0.216. The van der Waals surface area contributed by atoms with Crippen LogP contribution in [0.15, 0.2) is 70.2 Å². The van der Waals surface area contributed by atoms with Crippen LogP contribution in [0.3, 0.4) is 0 Å². The van der Waals surface area contributed by atoms with Gasteiger partial charge in [0.15, 0.2) is 5.82 Å². The maximum absolute atomic E-state index is 12.6. The number of anilines is 2. The van der Waals surface area contributed by atoms with Gasteiger partial charge in [-0.15, -0.1) is 0 Å². The predicted molar refractivity (Wildman–Crippen MR) is 96.2 cm³/mol. The van der Waals surface area contributed by atoms with Crippen LogP contribution in [0.2, 0.25) is 0 Å². The van der Waals surface area contributed by atoms with Crippen molar-refractivity contribution in [2.24, 2.45) is 0 Å². The van der Waals surface area contributed by atoms with Crippen molar-refractivity contribution in [2.45, 2.75) is 6.54 Å². The van der Waals surface area contributed by atoms with E-state index in [0.29, 0.717) is 22.4 Å². The third-order valence-corrected chi connectivity index (χ3v) is 3.80. The van der Waals surface area contributed by atoms with Crippen LogP contribution in [-0.2, 0) is 6.54 Å². The van der Waals surface area contributed by atoms with Gasteiger partial charge in [0.1, 0.15) is 4.60 Å². The lowest BCUT2D eigenvalue weighted by Gasteiger charge is -2.10. The van der Waals surface area contributed by atoms with E-state index < -0.39 is 0 Å². The second-order valence-electron chi connectivity index (χ2n) is 5.15. The molecule has 24 heavy (non-hydrogen) atoms. The van der Waals surface area contributed by atoms with Crippen molar-refractivity contribution in [3.8, 4) is 6.07 Å². The van der Waals surface area contributed by atoms with Crippen molar-refractivity contribution in [2.75, 3.05) is 5.32 Å². The monoisotopic (exact) mass is 380 g/mol. The molecule has 0 saturated heterocycles. The maximum atomic E-state index is 12.6. The predicted octanol–water partition coefficient (Wildman–Crippen LogP) is 3.67. The summed E-state index contributed by atoms with van der Waals surface area (Å²) < 4.78 is 2.16. The Kier molecular flexibility index (Phi) is 4.73. The minimum Gasteiger partial charge on any atom is -0.336 e. The minimum atomic E-state index is -0.216. The molecule has 0 aliphatic rings. The molecule has 0 spiro atoms. The summed E-state index contributed by atoms with van der Waals surface area (Å²) in [6.45, 7) is 0.461. The fraction of sp³-hybridized carbons (Fsp3) is 0.0556. The highest BCUT2D eigenvalue weighted by atomic mass is 79.9. The molecule has 118 valence electrons. The van der Waals surface area contributed by atoms with Crippen molar-refractivity contribution in [1.29, 1.82) is 5.26 Å². The molecule has 0 bridgehead atoms. The van der Waals surface area contributed by atoms with Crippen molar-refractivity contribution in [3.63, 3.8) is 0 Å². The molecule has 0 fully saturated rings. The van der Waals surface area contributed by atoms with Gasteiger partial charge in [0.05, 0.1) is 18.2 Å². The number of nitrogens with zero attached hydrogens (tertiary/aromatic N) is 3. The van der Waals surface area contributed by atoms with Crippen LogP contribution in [0.5, 0.6) is 0 Å². The first-order valence-electron chi connectivity index (χ1n) is 7.24. The third-order valence-electron chi connectivity index (χ3n) is 3.42. The van der Waals surface area contributed by atoms with Crippen LogP contribution in [0.1, 0.15) is 11.1 Å². The van der Waals surface area contributed by atoms with Gasteiger partial charge in [-0.1, -0.05) is 30.3 Å². The van der Waals surface area contributed by atoms with Gasteiger partial charge in [-0.05, 0) is 45.8 Å². The van der Waals surface area contributed by atoms with Gasteiger partial charge in [0.25, 0.3) is 5.56 Å². The topological polar surface area (TPSA) is 70.7 Å². The second-order valence-corrected chi connectivity index (χ2v) is 5.96. The number of halogens is 1. The van der Waals surface area contributed by atoms with E-state index in [2.05, 4.69) is 32.3 Å². The molecular formula is C18H13BrN4O. The van der Waals surface area contributed by atoms with Crippen LogP contribution >= 0.6 is 15.9 Å². The van der Waals surface area contributed by atoms with E-state index >= 15 is 0 Å². The normalized spacial score (nSPS) is 10.2. The fourth-order valence-corrected chi connectivity index (χ4v) is 2.68. The smallest absolute Gasteiger partial charge is 0.294 e. The molecule has 0 amide bonds. The standard InChI is InChI=1S/C18H13BrN4O/c19-16-12-23(11-14-4-2-1-3-5-14)18(24)17(22-16)21-15-8-6-13(10-20)7-9-15/h1-9,12H,11H2,(H,21,22). The van der Waals surface area contributed by atoms with E-state index in [1.807, 2.05) is 30.3 Å². The molecule has 3 aromatic rings. The Morgan fingerprint density at radius 3 is 2.50 bits per heavy atom. The molecule has 0 saturated carbocycles. The Bertz CT molecular complexity index is 943. The number of rotatable bonds is 4. The summed E-state index contributed by atoms with van der Waals surface area (Å²) in [4.78, 5) is 16.8. The highest BCUT2D eigenvalue weighted by Crippen LogP contribution is 2.15. The first-order valence-corrected chi connectivity index (χ1v) is 8.03. The molecule has 0 atom stereocenters. The molecular weight excluding hydrogens is 368 g/mol. The van der Waals surface area contributed by atoms with E-state index in [9.17, 15) is 4.79 Å². The van der Waals surface area contributed by atoms with Gasteiger partial charge in [0, 0.05) is 11.9 Å². The zero-order valence-corrected chi connectivity index (χ0v) is 14.2. The van der Waals surface area contributed by atoms with E-state index in [4.69, 9.17) is 5.26 Å². The molecule has 0 aliphatic heterocycles. The Morgan fingerprint density at radius 2 is 1.83 bits per heavy atom. The number of aromatic nitrogens is 2. The average molecular weight is 381 g/mol. The van der Waals surface area contributed by atoms with E-state index in [0.717, 1.165) is 5.56 Å². The summed E-state index contributed by atoms with van der Waals surface area (Å²) in [5.74, 6) is 0.227. The Morgan fingerprint density at radius 1 is 1.12 bits per heavy atom. The van der Waals surface area contributed by atoms with Gasteiger partial charge >= 0.3 is 0 Å². The largest absolute Gasteiger partial charge is 0.336 e. The first-order chi connectivity index (χ1) is 11.7. The number of benzene rings is 2. The third kappa shape index (κ3) is 3.70. The lowest BCUT2D eigenvalue weighted by atomic mass is 10.2. The molecule has 1 N–H and O–H groups in total. The SMILES string of the molecule is N#Cc1ccc(Nc2nc(Br)cn(Cc3ccccc3)c2=O)cc1. The van der Waals surface area contributed by atoms with Crippen LogP contribution < -0.4 is 10.9 Å². The molecule has 0 unspecified atom stereocenters. The molecule has 0 aliphatic carbocycles. The van der Waals surface area contributed by atoms with Crippen molar-refractivity contribution in [3.05, 3.63) is 86.9 Å². The number of hydrogen-bond donors (Lipinski definition) is 1. The summed E-state index contributed by atoms with van der Waals surface area (Å²) in [6, 6.07) is 18.6. The highest BCUT2D eigenvalue weighted by molar-refractivity contribution is 9.10. The van der Waals surface area contributed by atoms with Crippen LogP contribution in [0.25, 0.3) is 0 Å². The lowest BCUT2D eigenvalue weighted by molar-refractivity contribution is 0.746. The fourth-order valence-electron chi connectivity index (χ4n) is 2.25. The van der Waals surface area contributed by atoms with Crippen molar-refractivity contribution in [1.82, 2.24) is 9.55 Å². The van der Waals surface area contributed by atoms with Gasteiger partial charge in [-0.25, -0.2) is 4.98 Å². The highest BCUT2D eigenvalue weighted by Gasteiger charge is 2.09. The van der Waals surface area contributed by atoms with E-state index in [-0.39, 0.29) is 11.4 Å². The molecule has 2 aromatic carbocycles. The van der Waals surface area contributed by atoms with Crippen molar-refractivity contribution < 1.29 is 0 Å². The second kappa shape index (κ2) is 7.11. The molecule has 3 rings (SSSR count). The first kappa shape index (κ1) is 16.0. The Hall–Kier alpha value is -2.91. The summed E-state index contributed by atoms with van der Waals surface area (Å²) in [6.07, 6.45) is 1.67. The molecule has 6 heteroatoms. The van der Waals surface area contributed by atoms with Crippen LogP contribution in [0.4, 0.5) is 11.5 Å². The summed E-state index contributed by atoms with van der Waals surface area (Å²) >= 11 is 3.34. The number of nitriles is 1. The molecule has 1 aromatic heterocycles. The summed E-state index contributed by atoms with van der Waals surface area (Å²) in [7, 11) is 0. The Labute approximate surface area is 147 Å². The van der Waals surface area contributed by atoms with Gasteiger partial charge in [-0.2, -0.15) is 5.26 Å². The van der Waals surface area contributed by atoms with E-state index in [1.165, 1.54) is 0 Å². The van der Waals surface area contributed by atoms with Gasteiger partial charge < -0.3 is 9.88 Å². The van der Waals surface area contributed by atoms with Gasteiger partial charge in [0.2, 0.25) is 0 Å². The average Bonchev–Trinajstić information content (AvgIpc) is 2.60.